The minimum Gasteiger partial charge on any atom is -0.206 e. The Labute approximate surface area is 76.7 Å². The number of hydrogen-bond donors (Lipinski definition) is 0. The maximum Gasteiger partial charge on any atom is 0.131 e. The molecule has 0 atom stereocenters. The molecule has 0 heterocycles. The van der Waals surface area contributed by atoms with Crippen molar-refractivity contribution in [2.45, 2.75) is 0 Å². The monoisotopic (exact) mass is 170 g/mol. The molecular formula is C12H7F. The molecule has 0 N–H and O–H groups in total. The molecule has 0 aliphatic carbocycles. The Balaban J connectivity index is 2.54. The molecule has 0 saturated carbocycles. The summed E-state index contributed by atoms with van der Waals surface area (Å²) in [7, 11) is 0. The fourth-order valence-electron chi connectivity index (χ4n) is 1.21. The number of rotatable bonds is 1. The van der Waals surface area contributed by atoms with Crippen LogP contribution in [0.25, 0.3) is 11.1 Å². The molecule has 2 rings (SSSR count). The molecule has 13 heavy (non-hydrogen) atoms. The van der Waals surface area contributed by atoms with Gasteiger partial charge >= 0.3 is 0 Å². The lowest BCUT2D eigenvalue weighted by molar-refractivity contribution is 0.631. The van der Waals surface area contributed by atoms with Crippen LogP contribution in [0.5, 0.6) is 0 Å². The van der Waals surface area contributed by atoms with Crippen LogP contribution in [0.4, 0.5) is 4.39 Å². The number of halogens is 1. The molecule has 0 unspecified atom stereocenters. The van der Waals surface area contributed by atoms with Gasteiger partial charge in [-0.25, -0.2) is 4.39 Å². The quantitative estimate of drug-likeness (QED) is 0.617. The van der Waals surface area contributed by atoms with E-state index in [0.29, 0.717) is 5.56 Å². The summed E-state index contributed by atoms with van der Waals surface area (Å²) in [5.74, 6) is -0.242. The van der Waals surface area contributed by atoms with Crippen LogP contribution in [0.15, 0.2) is 42.5 Å². The second-order valence-electron chi connectivity index (χ2n) is 2.69. The van der Waals surface area contributed by atoms with Gasteiger partial charge in [0, 0.05) is 5.56 Å². The van der Waals surface area contributed by atoms with Crippen LogP contribution < -0.4 is 0 Å². The lowest BCUT2D eigenvalue weighted by Gasteiger charge is -2.01. The predicted octanol–water partition coefficient (Wildman–Crippen LogP) is 3.09. The van der Waals surface area contributed by atoms with Crippen molar-refractivity contribution in [1.29, 1.82) is 0 Å². The Morgan fingerprint density at radius 3 is 2.31 bits per heavy atom. The molecule has 2 radical (unpaired) electrons. The summed E-state index contributed by atoms with van der Waals surface area (Å²) in [6.45, 7) is 0. The van der Waals surface area contributed by atoms with Crippen LogP contribution in [0.1, 0.15) is 0 Å². The lowest BCUT2D eigenvalue weighted by Crippen LogP contribution is -1.82. The first-order valence-electron chi connectivity index (χ1n) is 4.00. The first-order valence-corrected chi connectivity index (χ1v) is 4.00. The molecule has 0 aromatic heterocycles. The van der Waals surface area contributed by atoms with Gasteiger partial charge in [-0.05, 0) is 23.8 Å². The van der Waals surface area contributed by atoms with Gasteiger partial charge < -0.3 is 0 Å². The van der Waals surface area contributed by atoms with Crippen LogP contribution in [-0.4, -0.2) is 0 Å². The summed E-state index contributed by atoms with van der Waals surface area (Å²) in [6.07, 6.45) is 0. The summed E-state index contributed by atoms with van der Waals surface area (Å²) in [4.78, 5) is 0. The molecule has 62 valence electrons. The van der Waals surface area contributed by atoms with E-state index in [2.05, 4.69) is 12.1 Å². The van der Waals surface area contributed by atoms with Crippen LogP contribution >= 0.6 is 0 Å². The van der Waals surface area contributed by atoms with E-state index >= 15 is 0 Å². The van der Waals surface area contributed by atoms with Crippen LogP contribution in [0, 0.1) is 17.9 Å². The van der Waals surface area contributed by atoms with Crippen molar-refractivity contribution < 1.29 is 4.39 Å². The first-order chi connectivity index (χ1) is 6.38. The topological polar surface area (TPSA) is 0 Å². The molecule has 0 saturated heterocycles. The van der Waals surface area contributed by atoms with Gasteiger partial charge in [-0.2, -0.15) is 0 Å². The minimum absolute atomic E-state index is 0.242. The average molecular weight is 170 g/mol. The van der Waals surface area contributed by atoms with E-state index in [1.54, 1.807) is 24.3 Å². The highest BCUT2D eigenvalue weighted by Gasteiger charge is 2.01. The molecule has 1 heteroatoms. The van der Waals surface area contributed by atoms with E-state index in [-0.39, 0.29) is 5.82 Å². The van der Waals surface area contributed by atoms with Gasteiger partial charge in [-0.3, -0.25) is 0 Å². The van der Waals surface area contributed by atoms with E-state index < -0.39 is 0 Å². The lowest BCUT2D eigenvalue weighted by atomic mass is 10.1. The molecule has 0 fully saturated rings. The third kappa shape index (κ3) is 1.59. The molecule has 0 bridgehead atoms. The van der Waals surface area contributed by atoms with E-state index in [0.717, 1.165) is 5.56 Å². The standard InChI is InChI=1S/C12H7F/c13-12-9-5-4-8-11(12)10-6-2-1-3-7-10/h2-4,6-9H. The van der Waals surface area contributed by atoms with Gasteiger partial charge in [0.2, 0.25) is 0 Å². The maximum absolute atomic E-state index is 13.2. The fourth-order valence-corrected chi connectivity index (χ4v) is 1.21. The van der Waals surface area contributed by atoms with Crippen LogP contribution in [0.2, 0.25) is 0 Å². The van der Waals surface area contributed by atoms with E-state index in [9.17, 15) is 4.39 Å². The largest absolute Gasteiger partial charge is 0.206 e. The second kappa shape index (κ2) is 3.40. The third-order valence-electron chi connectivity index (χ3n) is 1.84. The zero-order valence-electron chi connectivity index (χ0n) is 6.92. The molecule has 0 amide bonds. The van der Waals surface area contributed by atoms with Gasteiger partial charge in [0.05, 0.1) is 0 Å². The molecule has 0 nitrogen and oxygen atoms in total. The minimum atomic E-state index is -0.242. The molecular weight excluding hydrogens is 163 g/mol. The van der Waals surface area contributed by atoms with Crippen LogP contribution in [-0.2, 0) is 0 Å². The van der Waals surface area contributed by atoms with Gasteiger partial charge in [-0.1, -0.05) is 36.4 Å². The van der Waals surface area contributed by atoms with Gasteiger partial charge in [-0.15, -0.1) is 0 Å². The Hall–Kier alpha value is -1.63. The molecule has 0 spiro atoms. The van der Waals surface area contributed by atoms with E-state index in [1.165, 1.54) is 6.07 Å². The summed E-state index contributed by atoms with van der Waals surface area (Å²) in [5.41, 5.74) is 1.47. The SMILES string of the molecule is Fc1c[c]ccc1-c1cc[c]cc1. The zero-order valence-corrected chi connectivity index (χ0v) is 6.92. The molecule has 0 aliphatic rings. The first kappa shape index (κ1) is 7.99. The van der Waals surface area contributed by atoms with Gasteiger partial charge in [0.15, 0.2) is 0 Å². The Morgan fingerprint density at radius 2 is 1.62 bits per heavy atom. The van der Waals surface area contributed by atoms with Crippen molar-refractivity contribution in [2.75, 3.05) is 0 Å². The summed E-state index contributed by atoms with van der Waals surface area (Å²) < 4.78 is 13.2. The van der Waals surface area contributed by atoms with Gasteiger partial charge in [0.1, 0.15) is 5.82 Å². The number of hydrogen-bond acceptors (Lipinski definition) is 0. The van der Waals surface area contributed by atoms with Crippen molar-refractivity contribution in [3.8, 4) is 11.1 Å². The van der Waals surface area contributed by atoms with Crippen molar-refractivity contribution >= 4 is 0 Å². The molecule has 0 aliphatic heterocycles. The maximum atomic E-state index is 13.2. The van der Waals surface area contributed by atoms with Crippen LogP contribution in [0.3, 0.4) is 0 Å². The fraction of sp³-hybridized carbons (Fsp3) is 0. The number of benzene rings is 2. The Bertz CT molecular complexity index is 393. The normalized spacial score (nSPS) is 9.92. The summed E-state index contributed by atoms with van der Waals surface area (Å²) >= 11 is 0. The summed E-state index contributed by atoms with van der Waals surface area (Å²) in [6, 6.07) is 17.5. The highest BCUT2D eigenvalue weighted by molar-refractivity contribution is 5.63. The van der Waals surface area contributed by atoms with E-state index in [4.69, 9.17) is 0 Å². The molecule has 2 aromatic carbocycles. The van der Waals surface area contributed by atoms with E-state index in [1.807, 2.05) is 12.1 Å². The highest BCUT2D eigenvalue weighted by atomic mass is 19.1. The highest BCUT2D eigenvalue weighted by Crippen LogP contribution is 2.20. The third-order valence-corrected chi connectivity index (χ3v) is 1.84. The Morgan fingerprint density at radius 1 is 0.923 bits per heavy atom. The second-order valence-corrected chi connectivity index (χ2v) is 2.69. The smallest absolute Gasteiger partial charge is 0.131 e. The zero-order chi connectivity index (χ0) is 9.10. The predicted molar refractivity (Wildman–Crippen MR) is 49.5 cm³/mol. The molecule has 2 aromatic rings. The van der Waals surface area contributed by atoms with Crippen molar-refractivity contribution in [2.24, 2.45) is 0 Å². The summed E-state index contributed by atoms with van der Waals surface area (Å²) in [5, 5.41) is 0. The van der Waals surface area contributed by atoms with Crippen molar-refractivity contribution in [3.63, 3.8) is 0 Å². The van der Waals surface area contributed by atoms with Crippen molar-refractivity contribution in [3.05, 3.63) is 60.4 Å². The Kier molecular flexibility index (Phi) is 2.09. The average Bonchev–Trinajstić information content (AvgIpc) is 2.20. The van der Waals surface area contributed by atoms with Crippen molar-refractivity contribution in [1.82, 2.24) is 0 Å². The van der Waals surface area contributed by atoms with Gasteiger partial charge in [0.25, 0.3) is 0 Å².